The van der Waals surface area contributed by atoms with E-state index in [2.05, 4.69) is 55.6 Å². The lowest BCUT2D eigenvalue weighted by Gasteiger charge is -2.25. The van der Waals surface area contributed by atoms with E-state index in [-0.39, 0.29) is 12.1 Å². The lowest BCUT2D eigenvalue weighted by atomic mass is 10.0. The van der Waals surface area contributed by atoms with Gasteiger partial charge in [-0.3, -0.25) is 0 Å². The zero-order valence-corrected chi connectivity index (χ0v) is 13.9. The summed E-state index contributed by atoms with van der Waals surface area (Å²) in [6.45, 7) is 5.03. The Balaban J connectivity index is 1.71. The first-order chi connectivity index (χ1) is 11.2. The normalized spacial score (nSPS) is 17.3. The number of nitrogens with one attached hydrogen (secondary N) is 1. The van der Waals surface area contributed by atoms with E-state index in [1.807, 2.05) is 17.0 Å². The van der Waals surface area contributed by atoms with Crippen LogP contribution in [0.15, 0.2) is 48.5 Å². The zero-order valence-electron chi connectivity index (χ0n) is 13.9. The molecular formula is C20H24N2O. The highest BCUT2D eigenvalue weighted by atomic mass is 16.2. The van der Waals surface area contributed by atoms with Crippen LogP contribution in [-0.2, 0) is 6.42 Å². The summed E-state index contributed by atoms with van der Waals surface area (Å²) in [7, 11) is 0. The number of aryl methyl sites for hydroxylation is 2. The summed E-state index contributed by atoms with van der Waals surface area (Å²) < 4.78 is 0. The fourth-order valence-electron chi connectivity index (χ4n) is 3.16. The third-order valence-corrected chi connectivity index (χ3v) is 4.59. The fraction of sp³-hybridized carbons (Fsp3) is 0.350. The Hall–Kier alpha value is -2.29. The van der Waals surface area contributed by atoms with Crippen LogP contribution in [0.3, 0.4) is 0 Å². The Bertz CT molecular complexity index is 661. The molecule has 0 radical (unpaired) electrons. The molecule has 2 aromatic carbocycles. The molecule has 3 heteroatoms. The Morgan fingerprint density at radius 2 is 1.83 bits per heavy atom. The minimum absolute atomic E-state index is 0.00248. The van der Waals surface area contributed by atoms with E-state index in [1.165, 1.54) is 16.7 Å². The molecule has 0 unspecified atom stereocenters. The fourth-order valence-corrected chi connectivity index (χ4v) is 3.16. The molecule has 0 spiro atoms. The second-order valence-corrected chi connectivity index (χ2v) is 6.24. The lowest BCUT2D eigenvalue weighted by Crippen LogP contribution is -2.34. The van der Waals surface area contributed by atoms with Crippen molar-refractivity contribution in [3.63, 3.8) is 0 Å². The van der Waals surface area contributed by atoms with E-state index in [0.717, 1.165) is 31.5 Å². The average Bonchev–Trinajstić information content (AvgIpc) is 3.06. The molecule has 1 aliphatic rings. The second-order valence-electron chi connectivity index (χ2n) is 6.24. The maximum absolute atomic E-state index is 12.6. The molecule has 0 bridgehead atoms. The van der Waals surface area contributed by atoms with Crippen molar-refractivity contribution in [3.8, 4) is 0 Å². The highest BCUT2D eigenvalue weighted by Gasteiger charge is 2.29. The van der Waals surface area contributed by atoms with Crippen LogP contribution >= 0.6 is 0 Å². The van der Waals surface area contributed by atoms with E-state index < -0.39 is 0 Å². The van der Waals surface area contributed by atoms with Crippen LogP contribution in [0.5, 0.6) is 0 Å². The van der Waals surface area contributed by atoms with E-state index >= 15 is 0 Å². The topological polar surface area (TPSA) is 32.3 Å². The van der Waals surface area contributed by atoms with Crippen molar-refractivity contribution in [2.45, 2.75) is 39.2 Å². The molecule has 1 N–H and O–H groups in total. The van der Waals surface area contributed by atoms with Crippen LogP contribution < -0.4 is 5.32 Å². The number of nitrogens with zero attached hydrogens (tertiary/aromatic N) is 1. The van der Waals surface area contributed by atoms with Gasteiger partial charge in [-0.2, -0.15) is 0 Å². The van der Waals surface area contributed by atoms with Gasteiger partial charge in [-0.25, -0.2) is 4.79 Å². The van der Waals surface area contributed by atoms with Gasteiger partial charge in [0.1, 0.15) is 0 Å². The van der Waals surface area contributed by atoms with E-state index in [0.29, 0.717) is 0 Å². The van der Waals surface area contributed by atoms with Gasteiger partial charge >= 0.3 is 6.03 Å². The van der Waals surface area contributed by atoms with E-state index in [4.69, 9.17) is 0 Å². The first-order valence-corrected chi connectivity index (χ1v) is 8.40. The summed E-state index contributed by atoms with van der Waals surface area (Å²) in [6, 6.07) is 16.8. The SMILES string of the molecule is CCc1ccc(NC(=O)N2CCC[C@H]2c2ccc(C)cc2)cc1. The van der Waals surface area contributed by atoms with Gasteiger partial charge in [0.05, 0.1) is 6.04 Å². The molecule has 1 atom stereocenters. The average molecular weight is 308 g/mol. The molecule has 1 aliphatic heterocycles. The summed E-state index contributed by atoms with van der Waals surface area (Å²) in [4.78, 5) is 14.6. The molecule has 2 amide bonds. The zero-order chi connectivity index (χ0) is 16.2. The molecule has 3 nitrogen and oxygen atoms in total. The molecule has 0 aromatic heterocycles. The number of rotatable bonds is 3. The molecule has 1 saturated heterocycles. The third-order valence-electron chi connectivity index (χ3n) is 4.59. The quantitative estimate of drug-likeness (QED) is 0.857. The lowest BCUT2D eigenvalue weighted by molar-refractivity contribution is 0.207. The number of carbonyl (C=O) groups excluding carboxylic acids is 1. The van der Waals surface area contributed by atoms with Gasteiger partial charge in [0, 0.05) is 12.2 Å². The Morgan fingerprint density at radius 3 is 2.48 bits per heavy atom. The molecule has 3 rings (SSSR count). The standard InChI is InChI=1S/C20H24N2O/c1-3-16-8-12-18(13-9-16)21-20(23)22-14-4-5-19(22)17-10-6-15(2)7-11-17/h6-13,19H,3-5,14H2,1-2H3,(H,21,23)/t19-/m0/s1. The molecule has 0 saturated carbocycles. The van der Waals surface area contributed by atoms with Crippen molar-refractivity contribution in [2.75, 3.05) is 11.9 Å². The number of hydrogen-bond donors (Lipinski definition) is 1. The summed E-state index contributed by atoms with van der Waals surface area (Å²) in [6.07, 6.45) is 3.10. The van der Waals surface area contributed by atoms with Gasteiger partial charge < -0.3 is 10.2 Å². The van der Waals surface area contributed by atoms with Crippen molar-refractivity contribution in [1.82, 2.24) is 4.90 Å². The van der Waals surface area contributed by atoms with Crippen molar-refractivity contribution in [2.24, 2.45) is 0 Å². The maximum atomic E-state index is 12.6. The van der Waals surface area contributed by atoms with Crippen LogP contribution in [0.4, 0.5) is 10.5 Å². The van der Waals surface area contributed by atoms with Gasteiger partial charge in [-0.1, -0.05) is 48.9 Å². The first-order valence-electron chi connectivity index (χ1n) is 8.40. The summed E-state index contributed by atoms with van der Waals surface area (Å²) in [5.74, 6) is 0. The van der Waals surface area contributed by atoms with E-state index in [9.17, 15) is 4.79 Å². The van der Waals surface area contributed by atoms with Gasteiger partial charge in [0.15, 0.2) is 0 Å². The van der Waals surface area contributed by atoms with Gasteiger partial charge in [0.2, 0.25) is 0 Å². The van der Waals surface area contributed by atoms with Crippen LogP contribution in [0, 0.1) is 6.92 Å². The Morgan fingerprint density at radius 1 is 1.13 bits per heavy atom. The van der Waals surface area contributed by atoms with Gasteiger partial charge in [0.25, 0.3) is 0 Å². The predicted octanol–water partition coefficient (Wildman–Crippen LogP) is 4.93. The van der Waals surface area contributed by atoms with Crippen molar-refractivity contribution in [1.29, 1.82) is 0 Å². The monoisotopic (exact) mass is 308 g/mol. The minimum atomic E-state index is -0.00248. The number of anilines is 1. The van der Waals surface area contributed by atoms with Crippen molar-refractivity contribution < 1.29 is 4.79 Å². The summed E-state index contributed by atoms with van der Waals surface area (Å²) >= 11 is 0. The van der Waals surface area contributed by atoms with Crippen LogP contribution in [-0.4, -0.2) is 17.5 Å². The molecule has 1 fully saturated rings. The molecule has 2 aromatic rings. The summed E-state index contributed by atoms with van der Waals surface area (Å²) in [5, 5.41) is 3.03. The highest BCUT2D eigenvalue weighted by molar-refractivity contribution is 5.89. The van der Waals surface area contributed by atoms with E-state index in [1.54, 1.807) is 0 Å². The number of hydrogen-bond acceptors (Lipinski definition) is 1. The molecule has 120 valence electrons. The number of amides is 2. The maximum Gasteiger partial charge on any atom is 0.322 e. The van der Waals surface area contributed by atoms with Crippen molar-refractivity contribution >= 4 is 11.7 Å². The molecule has 23 heavy (non-hydrogen) atoms. The number of benzene rings is 2. The number of carbonyl (C=O) groups is 1. The predicted molar refractivity (Wildman–Crippen MR) is 94.7 cm³/mol. The molecule has 1 heterocycles. The largest absolute Gasteiger partial charge is 0.322 e. The van der Waals surface area contributed by atoms with Crippen molar-refractivity contribution in [3.05, 3.63) is 65.2 Å². The van der Waals surface area contributed by atoms with Gasteiger partial charge in [-0.15, -0.1) is 0 Å². The second kappa shape index (κ2) is 6.86. The minimum Gasteiger partial charge on any atom is -0.317 e. The molecule has 0 aliphatic carbocycles. The Kier molecular flexibility index (Phi) is 4.65. The third kappa shape index (κ3) is 3.55. The van der Waals surface area contributed by atoms with Crippen LogP contribution in [0.1, 0.15) is 42.5 Å². The van der Waals surface area contributed by atoms with Crippen LogP contribution in [0.25, 0.3) is 0 Å². The number of likely N-dealkylation sites (tertiary alicyclic amines) is 1. The Labute approximate surface area is 138 Å². The number of urea groups is 1. The smallest absolute Gasteiger partial charge is 0.317 e. The summed E-state index contributed by atoms with van der Waals surface area (Å²) in [5.41, 5.74) is 4.62. The first kappa shape index (κ1) is 15.6. The molecular weight excluding hydrogens is 284 g/mol. The van der Waals surface area contributed by atoms with Crippen LogP contribution in [0.2, 0.25) is 0 Å². The van der Waals surface area contributed by atoms with Gasteiger partial charge in [-0.05, 0) is 49.4 Å². The highest BCUT2D eigenvalue weighted by Crippen LogP contribution is 2.32.